The number of aromatic nitrogens is 1. The summed E-state index contributed by atoms with van der Waals surface area (Å²) in [4.78, 5) is 43.5. The standard InChI is InChI=1S/C22H22FN3O3S/c1-13-6-7-14(11-18(13)23)10-15-12-24-22(30-15)25-19(27)8-9-26-20(28)16-4-2-3-5-17(16)21(26)29/h2-3,6-7,11-12,16-17H,4-5,8-10H2,1H3,(H,24,25,27)/t16-,17-/m1/s1. The summed E-state index contributed by atoms with van der Waals surface area (Å²) in [5.41, 5.74) is 1.43. The minimum Gasteiger partial charge on any atom is -0.302 e. The van der Waals surface area contributed by atoms with E-state index >= 15 is 0 Å². The van der Waals surface area contributed by atoms with Crippen LogP contribution in [-0.4, -0.2) is 34.2 Å². The number of fused-ring (bicyclic) bond motifs is 1. The van der Waals surface area contributed by atoms with Crippen LogP contribution in [0.15, 0.2) is 36.5 Å². The molecule has 0 spiro atoms. The highest BCUT2D eigenvalue weighted by Crippen LogP contribution is 2.35. The van der Waals surface area contributed by atoms with Gasteiger partial charge in [-0.15, -0.1) is 11.3 Å². The summed E-state index contributed by atoms with van der Waals surface area (Å²) in [6, 6.07) is 5.11. The van der Waals surface area contributed by atoms with E-state index in [0.717, 1.165) is 10.4 Å². The number of carbonyl (C=O) groups excluding carboxylic acids is 3. The van der Waals surface area contributed by atoms with E-state index in [1.807, 2.05) is 18.2 Å². The fraction of sp³-hybridized carbons (Fsp3) is 0.364. The minimum absolute atomic E-state index is 0.0302. The number of hydrogen-bond donors (Lipinski definition) is 1. The van der Waals surface area contributed by atoms with Gasteiger partial charge in [-0.25, -0.2) is 9.37 Å². The number of imide groups is 1. The fourth-order valence-electron chi connectivity index (χ4n) is 3.88. The average molecular weight is 428 g/mol. The Kier molecular flexibility index (Phi) is 5.76. The number of aryl methyl sites for hydroxylation is 1. The molecule has 1 aromatic carbocycles. The van der Waals surface area contributed by atoms with E-state index in [9.17, 15) is 18.8 Å². The van der Waals surface area contributed by atoms with Crippen LogP contribution >= 0.6 is 11.3 Å². The molecule has 0 bridgehead atoms. The second-order valence-corrected chi connectivity index (χ2v) is 8.79. The number of halogens is 1. The monoisotopic (exact) mass is 427 g/mol. The van der Waals surface area contributed by atoms with Crippen LogP contribution in [-0.2, 0) is 20.8 Å². The number of hydrogen-bond acceptors (Lipinski definition) is 5. The summed E-state index contributed by atoms with van der Waals surface area (Å²) >= 11 is 1.32. The first-order valence-electron chi connectivity index (χ1n) is 9.92. The molecule has 0 unspecified atom stereocenters. The normalized spacial score (nSPS) is 20.5. The summed E-state index contributed by atoms with van der Waals surface area (Å²) < 4.78 is 13.7. The number of nitrogens with zero attached hydrogens (tertiary/aromatic N) is 2. The molecule has 0 saturated carbocycles. The Morgan fingerprint density at radius 1 is 1.23 bits per heavy atom. The molecule has 1 aromatic heterocycles. The summed E-state index contributed by atoms with van der Waals surface area (Å²) in [5, 5.41) is 3.16. The van der Waals surface area contributed by atoms with Gasteiger partial charge in [0.25, 0.3) is 0 Å². The lowest BCUT2D eigenvalue weighted by molar-refractivity contribution is -0.140. The van der Waals surface area contributed by atoms with Gasteiger partial charge in [-0.2, -0.15) is 0 Å². The van der Waals surface area contributed by atoms with Crippen LogP contribution in [0, 0.1) is 24.6 Å². The number of anilines is 1. The molecule has 6 nitrogen and oxygen atoms in total. The Morgan fingerprint density at radius 2 is 1.93 bits per heavy atom. The van der Waals surface area contributed by atoms with Gasteiger partial charge in [0.2, 0.25) is 17.7 Å². The molecule has 30 heavy (non-hydrogen) atoms. The van der Waals surface area contributed by atoms with E-state index in [1.165, 1.54) is 22.3 Å². The van der Waals surface area contributed by atoms with Crippen LogP contribution in [0.25, 0.3) is 0 Å². The molecule has 2 atom stereocenters. The maximum absolute atomic E-state index is 13.7. The highest BCUT2D eigenvalue weighted by molar-refractivity contribution is 7.15. The maximum Gasteiger partial charge on any atom is 0.233 e. The van der Waals surface area contributed by atoms with Gasteiger partial charge in [-0.1, -0.05) is 24.3 Å². The van der Waals surface area contributed by atoms with Crippen molar-refractivity contribution >= 4 is 34.2 Å². The highest BCUT2D eigenvalue weighted by Gasteiger charge is 2.46. The third-order valence-electron chi connectivity index (χ3n) is 5.58. The quantitative estimate of drug-likeness (QED) is 0.566. The molecule has 1 fully saturated rings. The van der Waals surface area contributed by atoms with Gasteiger partial charge in [0.05, 0.1) is 11.8 Å². The van der Waals surface area contributed by atoms with Gasteiger partial charge < -0.3 is 5.32 Å². The lowest BCUT2D eigenvalue weighted by Gasteiger charge is -2.14. The number of benzene rings is 1. The molecule has 2 heterocycles. The Balaban J connectivity index is 1.30. The van der Waals surface area contributed by atoms with E-state index in [0.29, 0.717) is 30.0 Å². The van der Waals surface area contributed by atoms with Crippen LogP contribution in [0.1, 0.15) is 35.3 Å². The number of allylic oxidation sites excluding steroid dienone is 2. The van der Waals surface area contributed by atoms with Crippen molar-refractivity contribution in [3.8, 4) is 0 Å². The number of carbonyl (C=O) groups is 3. The smallest absolute Gasteiger partial charge is 0.233 e. The zero-order valence-electron chi connectivity index (χ0n) is 16.6. The van der Waals surface area contributed by atoms with Crippen molar-refractivity contribution in [1.29, 1.82) is 0 Å². The largest absolute Gasteiger partial charge is 0.302 e. The lowest BCUT2D eigenvalue weighted by atomic mass is 9.85. The number of nitrogens with one attached hydrogen (secondary N) is 1. The molecule has 2 aromatic rings. The molecular weight excluding hydrogens is 405 g/mol. The zero-order chi connectivity index (χ0) is 21.3. The average Bonchev–Trinajstić information content (AvgIpc) is 3.26. The SMILES string of the molecule is Cc1ccc(Cc2cnc(NC(=O)CCN3C(=O)[C@@H]4CC=CC[C@H]4C3=O)s2)cc1F. The summed E-state index contributed by atoms with van der Waals surface area (Å²) in [7, 11) is 0. The van der Waals surface area contributed by atoms with Crippen molar-refractivity contribution in [2.24, 2.45) is 11.8 Å². The molecule has 156 valence electrons. The Hall–Kier alpha value is -2.87. The van der Waals surface area contributed by atoms with Crippen LogP contribution in [0.3, 0.4) is 0 Å². The number of thiazole rings is 1. The molecule has 1 N–H and O–H groups in total. The summed E-state index contributed by atoms with van der Waals surface area (Å²) in [5.74, 6) is -1.46. The molecule has 8 heteroatoms. The third-order valence-corrected chi connectivity index (χ3v) is 6.49. The van der Waals surface area contributed by atoms with E-state index in [4.69, 9.17) is 0 Å². The van der Waals surface area contributed by atoms with Crippen molar-refractivity contribution in [2.75, 3.05) is 11.9 Å². The topological polar surface area (TPSA) is 79.4 Å². The van der Waals surface area contributed by atoms with E-state index in [-0.39, 0.29) is 48.3 Å². The highest BCUT2D eigenvalue weighted by atomic mass is 32.1. The Labute approximate surface area is 177 Å². The molecule has 3 amide bonds. The molecule has 1 aliphatic heterocycles. The molecule has 4 rings (SSSR count). The number of likely N-dealkylation sites (tertiary alicyclic amines) is 1. The van der Waals surface area contributed by atoms with Gasteiger partial charge in [0, 0.05) is 30.5 Å². The van der Waals surface area contributed by atoms with Gasteiger partial charge in [0.1, 0.15) is 5.82 Å². The minimum atomic E-state index is -0.300. The van der Waals surface area contributed by atoms with Crippen LogP contribution in [0.5, 0.6) is 0 Å². The van der Waals surface area contributed by atoms with Gasteiger partial charge in [-0.3, -0.25) is 19.3 Å². The van der Waals surface area contributed by atoms with E-state index < -0.39 is 0 Å². The van der Waals surface area contributed by atoms with Crippen molar-refractivity contribution in [1.82, 2.24) is 9.88 Å². The van der Waals surface area contributed by atoms with E-state index in [2.05, 4.69) is 10.3 Å². The fourth-order valence-corrected chi connectivity index (χ4v) is 4.74. The third kappa shape index (κ3) is 4.18. The van der Waals surface area contributed by atoms with E-state index in [1.54, 1.807) is 19.2 Å². The second kappa shape index (κ2) is 8.47. The lowest BCUT2D eigenvalue weighted by Crippen LogP contribution is -2.34. The van der Waals surface area contributed by atoms with Crippen LogP contribution in [0.2, 0.25) is 0 Å². The van der Waals surface area contributed by atoms with Crippen molar-refractivity contribution < 1.29 is 18.8 Å². The zero-order valence-corrected chi connectivity index (χ0v) is 17.4. The second-order valence-electron chi connectivity index (χ2n) is 7.67. The predicted molar refractivity (Wildman–Crippen MR) is 111 cm³/mol. The molecule has 1 saturated heterocycles. The Morgan fingerprint density at radius 3 is 2.60 bits per heavy atom. The summed E-state index contributed by atoms with van der Waals surface area (Å²) in [6.45, 7) is 1.80. The van der Waals surface area contributed by atoms with Crippen LogP contribution in [0.4, 0.5) is 9.52 Å². The van der Waals surface area contributed by atoms with Gasteiger partial charge in [-0.05, 0) is 37.0 Å². The van der Waals surface area contributed by atoms with Gasteiger partial charge in [0.15, 0.2) is 5.13 Å². The summed E-state index contributed by atoms with van der Waals surface area (Å²) in [6.07, 6.45) is 7.26. The first-order chi connectivity index (χ1) is 14.4. The number of rotatable bonds is 6. The molecule has 2 aliphatic rings. The predicted octanol–water partition coefficient (Wildman–Crippen LogP) is 3.46. The van der Waals surface area contributed by atoms with Crippen LogP contribution < -0.4 is 5.32 Å². The molecule has 1 aliphatic carbocycles. The maximum atomic E-state index is 13.7. The molecule has 0 radical (unpaired) electrons. The molecular formula is C22H22FN3O3S. The van der Waals surface area contributed by atoms with Crippen molar-refractivity contribution in [3.63, 3.8) is 0 Å². The first kappa shape index (κ1) is 20.4. The number of amides is 3. The van der Waals surface area contributed by atoms with Crippen molar-refractivity contribution in [2.45, 2.75) is 32.6 Å². The first-order valence-corrected chi connectivity index (χ1v) is 10.7. The Bertz CT molecular complexity index is 1010. The van der Waals surface area contributed by atoms with Gasteiger partial charge >= 0.3 is 0 Å². The van der Waals surface area contributed by atoms with Crippen molar-refractivity contribution in [3.05, 3.63) is 58.4 Å².